The van der Waals surface area contributed by atoms with Crippen LogP contribution in [0.25, 0.3) is 76.8 Å². The van der Waals surface area contributed by atoms with Crippen LogP contribution in [0.1, 0.15) is 5.56 Å². The summed E-state index contributed by atoms with van der Waals surface area (Å²) in [4.78, 5) is 0. The molecule has 0 atom stereocenters. The number of aryl methyl sites for hydroxylation is 1. The van der Waals surface area contributed by atoms with Gasteiger partial charge in [0.1, 0.15) is 0 Å². The predicted molar refractivity (Wildman–Crippen MR) is 181 cm³/mol. The van der Waals surface area contributed by atoms with E-state index < -0.39 is 0 Å². The number of rotatable bonds is 4. The number of nitrogen functional groups attached to an aromatic ring is 1. The van der Waals surface area contributed by atoms with E-state index >= 15 is 0 Å². The van der Waals surface area contributed by atoms with E-state index in [1.165, 1.54) is 77.0 Å². The van der Waals surface area contributed by atoms with Gasteiger partial charge in [-0.3, -0.25) is 0 Å². The highest BCUT2D eigenvalue weighted by molar-refractivity contribution is 6.30. The SMILES string of the molecule is Cc1cc(-c2ccccc2-c2ccccc2)c2ccc3c(N)cc(-c4ccccc4-c4ccccc4)c4ccc1c2c34. The molecule has 8 rings (SSSR count). The van der Waals surface area contributed by atoms with Gasteiger partial charge in [-0.05, 0) is 84.6 Å². The van der Waals surface area contributed by atoms with Gasteiger partial charge in [0.25, 0.3) is 0 Å². The highest BCUT2D eigenvalue weighted by Gasteiger charge is 2.20. The molecule has 0 heterocycles. The number of hydrogen-bond donors (Lipinski definition) is 1. The van der Waals surface area contributed by atoms with Crippen LogP contribution in [-0.4, -0.2) is 0 Å². The van der Waals surface area contributed by atoms with E-state index in [2.05, 4.69) is 153 Å². The van der Waals surface area contributed by atoms with Crippen molar-refractivity contribution in [2.75, 3.05) is 5.73 Å². The Bertz CT molecular complexity index is 2080. The van der Waals surface area contributed by atoms with Gasteiger partial charge in [0.05, 0.1) is 0 Å². The Labute approximate surface area is 245 Å². The second kappa shape index (κ2) is 9.61. The molecule has 1 nitrogen and oxygen atoms in total. The third kappa shape index (κ3) is 3.71. The summed E-state index contributed by atoms with van der Waals surface area (Å²) in [6.07, 6.45) is 0. The van der Waals surface area contributed by atoms with E-state index in [1.807, 2.05) is 0 Å². The first-order valence-electron chi connectivity index (χ1n) is 14.5. The van der Waals surface area contributed by atoms with Crippen molar-refractivity contribution in [1.82, 2.24) is 0 Å². The Hall–Kier alpha value is -5.40. The minimum Gasteiger partial charge on any atom is -0.398 e. The summed E-state index contributed by atoms with van der Waals surface area (Å²) in [5.74, 6) is 0. The van der Waals surface area contributed by atoms with Gasteiger partial charge in [-0.1, -0.05) is 140 Å². The molecule has 1 heteroatoms. The van der Waals surface area contributed by atoms with Crippen molar-refractivity contribution in [3.8, 4) is 44.5 Å². The van der Waals surface area contributed by atoms with Crippen LogP contribution in [0.4, 0.5) is 5.69 Å². The Morgan fingerprint density at radius 2 is 0.762 bits per heavy atom. The smallest absolute Gasteiger partial charge is 0.0400 e. The van der Waals surface area contributed by atoms with E-state index in [4.69, 9.17) is 5.73 Å². The van der Waals surface area contributed by atoms with E-state index in [1.54, 1.807) is 0 Å². The summed E-state index contributed by atoms with van der Waals surface area (Å²) < 4.78 is 0. The van der Waals surface area contributed by atoms with Crippen LogP contribution in [-0.2, 0) is 0 Å². The van der Waals surface area contributed by atoms with E-state index in [0.29, 0.717) is 0 Å². The second-order valence-corrected chi connectivity index (χ2v) is 11.1. The number of benzene rings is 8. The van der Waals surface area contributed by atoms with Crippen molar-refractivity contribution in [1.29, 1.82) is 0 Å². The molecule has 0 aliphatic heterocycles. The predicted octanol–water partition coefficient (Wildman–Crippen LogP) is 11.1. The molecule has 8 aromatic carbocycles. The third-order valence-electron chi connectivity index (χ3n) is 8.74. The molecule has 0 radical (unpaired) electrons. The third-order valence-corrected chi connectivity index (χ3v) is 8.74. The lowest BCUT2D eigenvalue weighted by Gasteiger charge is -2.21. The quantitative estimate of drug-likeness (QED) is 0.176. The normalized spacial score (nSPS) is 11.5. The topological polar surface area (TPSA) is 26.0 Å². The molecule has 0 fully saturated rings. The Balaban J connectivity index is 1.46. The molecule has 0 saturated carbocycles. The Morgan fingerprint density at radius 3 is 1.31 bits per heavy atom. The molecule has 0 saturated heterocycles. The minimum absolute atomic E-state index is 0.808. The maximum absolute atomic E-state index is 6.88. The largest absolute Gasteiger partial charge is 0.398 e. The zero-order valence-corrected chi connectivity index (χ0v) is 23.4. The Morgan fingerprint density at radius 1 is 0.357 bits per heavy atom. The van der Waals surface area contributed by atoms with Gasteiger partial charge in [-0.25, -0.2) is 0 Å². The van der Waals surface area contributed by atoms with Crippen molar-refractivity contribution in [3.05, 3.63) is 151 Å². The lowest BCUT2D eigenvalue weighted by molar-refractivity contribution is 1.53. The summed E-state index contributed by atoms with van der Waals surface area (Å²) in [7, 11) is 0. The lowest BCUT2D eigenvalue weighted by atomic mass is 9.83. The summed E-state index contributed by atoms with van der Waals surface area (Å²) in [6.45, 7) is 2.23. The fourth-order valence-corrected chi connectivity index (χ4v) is 6.82. The molecule has 42 heavy (non-hydrogen) atoms. The Kier molecular flexibility index (Phi) is 5.58. The average Bonchev–Trinajstić information content (AvgIpc) is 3.06. The van der Waals surface area contributed by atoms with E-state index in [-0.39, 0.29) is 0 Å². The molecule has 0 aromatic heterocycles. The van der Waals surface area contributed by atoms with Crippen LogP contribution in [0, 0.1) is 6.92 Å². The summed E-state index contributed by atoms with van der Waals surface area (Å²) in [6, 6.07) is 52.4. The minimum atomic E-state index is 0.808. The fourth-order valence-electron chi connectivity index (χ4n) is 6.82. The van der Waals surface area contributed by atoms with Crippen LogP contribution in [0.15, 0.2) is 146 Å². The molecule has 0 aliphatic carbocycles. The molecule has 8 aromatic rings. The maximum Gasteiger partial charge on any atom is 0.0400 e. The lowest BCUT2D eigenvalue weighted by Crippen LogP contribution is -1.96. The van der Waals surface area contributed by atoms with Crippen LogP contribution in [0.2, 0.25) is 0 Å². The van der Waals surface area contributed by atoms with Gasteiger partial charge in [-0.15, -0.1) is 0 Å². The van der Waals surface area contributed by atoms with Crippen molar-refractivity contribution in [3.63, 3.8) is 0 Å². The molecule has 2 N–H and O–H groups in total. The van der Waals surface area contributed by atoms with Gasteiger partial charge >= 0.3 is 0 Å². The summed E-state index contributed by atoms with van der Waals surface area (Å²) in [5.41, 5.74) is 18.7. The standard InChI is InChI=1S/C41H29N/c1-26-24-37(32-18-10-8-16-30(32)27-12-4-2-5-13-27)34-22-23-36-39(42)25-38(35-21-20-29(26)40(34)41(35)36)33-19-11-9-17-31(33)28-14-6-3-7-15-28/h2-25H,42H2,1H3. The zero-order valence-electron chi connectivity index (χ0n) is 23.4. The van der Waals surface area contributed by atoms with Crippen molar-refractivity contribution in [2.24, 2.45) is 0 Å². The van der Waals surface area contributed by atoms with Crippen LogP contribution < -0.4 is 5.73 Å². The molecule has 0 bridgehead atoms. The van der Waals surface area contributed by atoms with E-state index in [9.17, 15) is 0 Å². The summed E-state index contributed by atoms with van der Waals surface area (Å²) >= 11 is 0. The highest BCUT2D eigenvalue weighted by atomic mass is 14.6. The molecular weight excluding hydrogens is 506 g/mol. The number of nitrogens with two attached hydrogens (primary N) is 1. The number of hydrogen-bond acceptors (Lipinski definition) is 1. The maximum atomic E-state index is 6.88. The average molecular weight is 536 g/mol. The molecule has 0 aliphatic rings. The first-order valence-corrected chi connectivity index (χ1v) is 14.5. The van der Waals surface area contributed by atoms with Gasteiger partial charge in [0.2, 0.25) is 0 Å². The molecular formula is C41H29N. The second-order valence-electron chi connectivity index (χ2n) is 11.1. The first kappa shape index (κ1) is 24.4. The highest BCUT2D eigenvalue weighted by Crippen LogP contribution is 2.47. The van der Waals surface area contributed by atoms with Gasteiger partial charge in [-0.2, -0.15) is 0 Å². The van der Waals surface area contributed by atoms with Gasteiger partial charge < -0.3 is 5.73 Å². The molecule has 198 valence electrons. The van der Waals surface area contributed by atoms with Crippen molar-refractivity contribution >= 4 is 38.0 Å². The van der Waals surface area contributed by atoms with Crippen molar-refractivity contribution in [2.45, 2.75) is 6.92 Å². The molecule has 0 unspecified atom stereocenters. The number of anilines is 1. The van der Waals surface area contributed by atoms with Gasteiger partial charge in [0, 0.05) is 16.5 Å². The van der Waals surface area contributed by atoms with Crippen LogP contribution >= 0.6 is 0 Å². The first-order chi connectivity index (χ1) is 20.7. The van der Waals surface area contributed by atoms with E-state index in [0.717, 1.165) is 11.1 Å². The van der Waals surface area contributed by atoms with Crippen LogP contribution in [0.5, 0.6) is 0 Å². The monoisotopic (exact) mass is 535 g/mol. The van der Waals surface area contributed by atoms with Crippen molar-refractivity contribution < 1.29 is 0 Å². The fraction of sp³-hybridized carbons (Fsp3) is 0.0244. The van der Waals surface area contributed by atoms with Gasteiger partial charge in [0.15, 0.2) is 0 Å². The van der Waals surface area contributed by atoms with Crippen LogP contribution in [0.3, 0.4) is 0 Å². The molecule has 0 amide bonds. The zero-order chi connectivity index (χ0) is 28.2. The molecule has 0 spiro atoms. The summed E-state index contributed by atoms with van der Waals surface area (Å²) in [5, 5.41) is 7.39.